The van der Waals surface area contributed by atoms with Crippen LogP contribution in [0.3, 0.4) is 0 Å². The summed E-state index contributed by atoms with van der Waals surface area (Å²) in [7, 11) is 0. The first kappa shape index (κ1) is 15.3. The summed E-state index contributed by atoms with van der Waals surface area (Å²) in [4.78, 5) is 11.9. The van der Waals surface area contributed by atoms with E-state index in [4.69, 9.17) is 0 Å². The molecule has 0 bridgehead atoms. The number of aliphatic hydroxyl groups excluding tert-OH is 1. The van der Waals surface area contributed by atoms with Crippen molar-refractivity contribution in [3.05, 3.63) is 34.1 Å². The van der Waals surface area contributed by atoms with Crippen LogP contribution in [0.5, 0.6) is 0 Å². The van der Waals surface area contributed by atoms with Gasteiger partial charge in [-0.05, 0) is 36.6 Å². The molecule has 0 radical (unpaired) electrons. The number of halogens is 2. The van der Waals surface area contributed by atoms with E-state index >= 15 is 0 Å². The van der Waals surface area contributed by atoms with E-state index in [1.165, 1.54) is 12.1 Å². The fraction of sp³-hybridized carbons (Fsp3) is 0.500. The van der Waals surface area contributed by atoms with Gasteiger partial charge in [-0.3, -0.25) is 0 Å². The summed E-state index contributed by atoms with van der Waals surface area (Å²) in [6.45, 7) is 0.176. The molecule has 4 nitrogen and oxygen atoms in total. The molecule has 1 aromatic rings. The summed E-state index contributed by atoms with van der Waals surface area (Å²) >= 11 is 3.31. The molecule has 2 amide bonds. The zero-order valence-corrected chi connectivity index (χ0v) is 12.7. The van der Waals surface area contributed by atoms with Gasteiger partial charge in [0.15, 0.2) is 0 Å². The zero-order valence-electron chi connectivity index (χ0n) is 11.1. The minimum absolute atomic E-state index is 0.0515. The standard InChI is InChI=1S/C14H18BrFN2O2/c15-12-4-3-11(16)7-10(12)8-17-13(20)18-14(9-19)5-1-2-6-14/h3-4,7,19H,1-2,5-6,8-9H2,(H2,17,18,20). The molecule has 1 saturated carbocycles. The van der Waals surface area contributed by atoms with Gasteiger partial charge in [-0.15, -0.1) is 0 Å². The molecule has 20 heavy (non-hydrogen) atoms. The second-order valence-corrected chi connectivity index (χ2v) is 6.04. The maximum atomic E-state index is 13.1. The van der Waals surface area contributed by atoms with Crippen LogP contribution >= 0.6 is 15.9 Å². The predicted molar refractivity (Wildman–Crippen MR) is 77.8 cm³/mol. The van der Waals surface area contributed by atoms with Crippen LogP contribution in [0.2, 0.25) is 0 Å². The largest absolute Gasteiger partial charge is 0.394 e. The van der Waals surface area contributed by atoms with E-state index in [1.807, 2.05) is 0 Å². The summed E-state index contributed by atoms with van der Waals surface area (Å²) in [5.74, 6) is -0.340. The van der Waals surface area contributed by atoms with Crippen molar-refractivity contribution in [1.82, 2.24) is 10.6 Å². The van der Waals surface area contributed by atoms with E-state index in [0.29, 0.717) is 5.56 Å². The van der Waals surface area contributed by atoms with E-state index in [9.17, 15) is 14.3 Å². The normalized spacial score (nSPS) is 16.9. The van der Waals surface area contributed by atoms with Crippen molar-refractivity contribution in [2.75, 3.05) is 6.61 Å². The highest BCUT2D eigenvalue weighted by Crippen LogP contribution is 2.29. The molecule has 0 spiro atoms. The van der Waals surface area contributed by atoms with Gasteiger partial charge in [-0.25, -0.2) is 9.18 Å². The Kier molecular flexibility index (Phi) is 4.99. The Labute approximate surface area is 125 Å². The molecule has 0 atom stereocenters. The van der Waals surface area contributed by atoms with Gasteiger partial charge >= 0.3 is 6.03 Å². The minimum Gasteiger partial charge on any atom is -0.394 e. The molecule has 0 unspecified atom stereocenters. The second-order valence-electron chi connectivity index (χ2n) is 5.19. The number of rotatable bonds is 4. The van der Waals surface area contributed by atoms with E-state index in [2.05, 4.69) is 26.6 Å². The van der Waals surface area contributed by atoms with Crippen molar-refractivity contribution in [2.45, 2.75) is 37.8 Å². The van der Waals surface area contributed by atoms with Gasteiger partial charge in [-0.2, -0.15) is 0 Å². The Balaban J connectivity index is 1.90. The SMILES string of the molecule is O=C(NCc1cc(F)ccc1Br)NC1(CO)CCCC1. The molecule has 1 aromatic carbocycles. The van der Waals surface area contributed by atoms with Crippen molar-refractivity contribution < 1.29 is 14.3 Å². The van der Waals surface area contributed by atoms with Crippen LogP contribution in [0.4, 0.5) is 9.18 Å². The Hall–Kier alpha value is -1.14. The Morgan fingerprint density at radius 3 is 2.75 bits per heavy atom. The molecule has 2 rings (SSSR count). The number of hydrogen-bond donors (Lipinski definition) is 3. The minimum atomic E-state index is -0.497. The molecule has 3 N–H and O–H groups in total. The third kappa shape index (κ3) is 3.70. The Morgan fingerprint density at radius 2 is 2.10 bits per heavy atom. The highest BCUT2D eigenvalue weighted by molar-refractivity contribution is 9.10. The molecular formula is C14H18BrFN2O2. The van der Waals surface area contributed by atoms with Gasteiger partial charge in [0, 0.05) is 11.0 Å². The van der Waals surface area contributed by atoms with Gasteiger partial charge in [0.25, 0.3) is 0 Å². The van der Waals surface area contributed by atoms with Gasteiger partial charge in [0.2, 0.25) is 0 Å². The molecule has 0 saturated heterocycles. The van der Waals surface area contributed by atoms with E-state index in [-0.39, 0.29) is 25.0 Å². The number of urea groups is 1. The lowest BCUT2D eigenvalue weighted by Gasteiger charge is -2.28. The molecule has 1 aliphatic carbocycles. The Morgan fingerprint density at radius 1 is 1.40 bits per heavy atom. The first-order valence-electron chi connectivity index (χ1n) is 6.65. The van der Waals surface area contributed by atoms with E-state index < -0.39 is 5.54 Å². The van der Waals surface area contributed by atoms with Crippen LogP contribution in [-0.4, -0.2) is 23.3 Å². The predicted octanol–water partition coefficient (Wildman–Crippen LogP) is 2.69. The molecule has 6 heteroatoms. The highest BCUT2D eigenvalue weighted by Gasteiger charge is 2.34. The van der Waals surface area contributed by atoms with Crippen molar-refractivity contribution >= 4 is 22.0 Å². The molecular weight excluding hydrogens is 327 g/mol. The number of amides is 2. The van der Waals surface area contributed by atoms with Crippen LogP contribution < -0.4 is 10.6 Å². The van der Waals surface area contributed by atoms with Crippen molar-refractivity contribution in [2.24, 2.45) is 0 Å². The summed E-state index contributed by atoms with van der Waals surface area (Å²) < 4.78 is 13.9. The van der Waals surface area contributed by atoms with Gasteiger partial charge in [0.05, 0.1) is 12.1 Å². The fourth-order valence-electron chi connectivity index (χ4n) is 2.51. The number of carbonyl (C=O) groups excluding carboxylic acids is 1. The maximum absolute atomic E-state index is 13.1. The van der Waals surface area contributed by atoms with Crippen LogP contribution in [0.25, 0.3) is 0 Å². The lowest BCUT2D eigenvalue weighted by molar-refractivity contribution is 0.162. The van der Waals surface area contributed by atoms with E-state index in [0.717, 1.165) is 30.2 Å². The first-order chi connectivity index (χ1) is 9.54. The average molecular weight is 345 g/mol. The lowest BCUT2D eigenvalue weighted by Crippen LogP contribution is -2.52. The molecule has 0 heterocycles. The van der Waals surface area contributed by atoms with Gasteiger partial charge in [0.1, 0.15) is 5.82 Å². The van der Waals surface area contributed by atoms with Crippen LogP contribution in [0, 0.1) is 5.82 Å². The quantitative estimate of drug-likeness (QED) is 0.786. The van der Waals surface area contributed by atoms with Crippen LogP contribution in [0.15, 0.2) is 22.7 Å². The van der Waals surface area contributed by atoms with Crippen molar-refractivity contribution in [3.63, 3.8) is 0 Å². The molecule has 1 aliphatic rings. The lowest BCUT2D eigenvalue weighted by atomic mass is 9.99. The third-order valence-electron chi connectivity index (χ3n) is 3.69. The van der Waals surface area contributed by atoms with Crippen LogP contribution in [-0.2, 0) is 6.54 Å². The summed E-state index contributed by atoms with van der Waals surface area (Å²) in [6.07, 6.45) is 3.60. The second kappa shape index (κ2) is 6.54. The number of benzene rings is 1. The average Bonchev–Trinajstić information content (AvgIpc) is 2.89. The fourth-order valence-corrected chi connectivity index (χ4v) is 2.90. The first-order valence-corrected chi connectivity index (χ1v) is 7.45. The maximum Gasteiger partial charge on any atom is 0.315 e. The smallest absolute Gasteiger partial charge is 0.315 e. The Bertz CT molecular complexity index is 490. The monoisotopic (exact) mass is 344 g/mol. The van der Waals surface area contributed by atoms with Crippen molar-refractivity contribution in [1.29, 1.82) is 0 Å². The molecule has 0 aromatic heterocycles. The van der Waals surface area contributed by atoms with Gasteiger partial charge < -0.3 is 15.7 Å². The summed E-state index contributed by atoms with van der Waals surface area (Å²) in [5.41, 5.74) is 0.174. The number of hydrogen-bond acceptors (Lipinski definition) is 2. The molecule has 0 aliphatic heterocycles. The van der Waals surface area contributed by atoms with Gasteiger partial charge in [-0.1, -0.05) is 28.8 Å². The van der Waals surface area contributed by atoms with Crippen molar-refractivity contribution in [3.8, 4) is 0 Å². The number of aliphatic hydroxyl groups is 1. The summed E-state index contributed by atoms with van der Waals surface area (Å²) in [5, 5.41) is 15.0. The third-order valence-corrected chi connectivity index (χ3v) is 4.46. The zero-order chi connectivity index (χ0) is 14.6. The summed E-state index contributed by atoms with van der Waals surface area (Å²) in [6, 6.07) is 4.00. The number of nitrogens with one attached hydrogen (secondary N) is 2. The molecule has 1 fully saturated rings. The molecule has 110 valence electrons. The van der Waals surface area contributed by atoms with Crippen LogP contribution in [0.1, 0.15) is 31.2 Å². The van der Waals surface area contributed by atoms with E-state index in [1.54, 1.807) is 6.07 Å². The highest BCUT2D eigenvalue weighted by atomic mass is 79.9. The number of carbonyl (C=O) groups is 1. The topological polar surface area (TPSA) is 61.4 Å².